The molecule has 6 heteroatoms. The molecule has 0 fully saturated rings. The van der Waals surface area contributed by atoms with Crippen LogP contribution in [-0.4, -0.2) is 17.1 Å². The van der Waals surface area contributed by atoms with Crippen LogP contribution in [-0.2, 0) is 6.54 Å². The van der Waals surface area contributed by atoms with Crippen molar-refractivity contribution in [3.8, 4) is 5.75 Å². The number of nitrogens with two attached hydrogens (primary N) is 1. The Morgan fingerprint density at radius 3 is 2.94 bits per heavy atom. The first-order valence-electron chi connectivity index (χ1n) is 5.32. The fourth-order valence-corrected chi connectivity index (χ4v) is 1.88. The molecule has 5 nitrogen and oxygen atoms in total. The van der Waals surface area contributed by atoms with Crippen molar-refractivity contribution in [2.45, 2.75) is 6.54 Å². The van der Waals surface area contributed by atoms with Crippen molar-refractivity contribution in [2.24, 2.45) is 0 Å². The third-order valence-electron chi connectivity index (χ3n) is 2.42. The third-order valence-corrected chi connectivity index (χ3v) is 3.00. The molecular weight excluding hydrogens is 296 g/mol. The van der Waals surface area contributed by atoms with E-state index in [2.05, 4.69) is 31.2 Å². The summed E-state index contributed by atoms with van der Waals surface area (Å²) >= 11 is 3.37. The van der Waals surface area contributed by atoms with E-state index in [9.17, 15) is 0 Å². The molecule has 0 spiro atoms. The number of hydrogen-bond acceptors (Lipinski definition) is 5. The largest absolute Gasteiger partial charge is 0.495 e. The van der Waals surface area contributed by atoms with E-state index in [-0.39, 0.29) is 0 Å². The van der Waals surface area contributed by atoms with Crippen molar-refractivity contribution < 1.29 is 4.74 Å². The van der Waals surface area contributed by atoms with Crippen molar-refractivity contribution in [3.63, 3.8) is 0 Å². The number of aromatic nitrogens is 2. The number of benzene rings is 1. The summed E-state index contributed by atoms with van der Waals surface area (Å²) in [5.41, 5.74) is 7.52. The molecular formula is C12H13BrN4O. The lowest BCUT2D eigenvalue weighted by molar-refractivity contribution is 0.417. The maximum absolute atomic E-state index is 5.84. The lowest BCUT2D eigenvalue weighted by atomic mass is 10.2. The Hall–Kier alpha value is -1.82. The predicted octanol–water partition coefficient (Wildman–Crippen LogP) is 2.44. The molecule has 1 aromatic heterocycles. The Bertz CT molecular complexity index is 547. The van der Waals surface area contributed by atoms with Crippen LogP contribution in [0.5, 0.6) is 5.75 Å². The van der Waals surface area contributed by atoms with Crippen LogP contribution in [0.15, 0.2) is 35.2 Å². The van der Waals surface area contributed by atoms with Gasteiger partial charge < -0.3 is 15.8 Å². The first kappa shape index (κ1) is 12.6. The maximum Gasteiger partial charge on any atom is 0.144 e. The lowest BCUT2D eigenvalue weighted by Crippen LogP contribution is -2.03. The summed E-state index contributed by atoms with van der Waals surface area (Å²) in [6.07, 6.45) is 3.19. The van der Waals surface area contributed by atoms with Crippen molar-refractivity contribution in [1.29, 1.82) is 0 Å². The number of hydrogen-bond donors (Lipinski definition) is 2. The molecule has 0 aliphatic heterocycles. The third kappa shape index (κ3) is 2.89. The van der Waals surface area contributed by atoms with Crippen molar-refractivity contribution in [3.05, 3.63) is 40.8 Å². The van der Waals surface area contributed by atoms with Gasteiger partial charge in [-0.2, -0.15) is 0 Å². The monoisotopic (exact) mass is 308 g/mol. The number of nitrogens with one attached hydrogen (secondary N) is 1. The molecule has 0 aliphatic carbocycles. The van der Waals surface area contributed by atoms with E-state index < -0.39 is 0 Å². The van der Waals surface area contributed by atoms with Gasteiger partial charge in [-0.3, -0.25) is 0 Å². The summed E-state index contributed by atoms with van der Waals surface area (Å²) in [5, 5.41) is 3.20. The van der Waals surface area contributed by atoms with Gasteiger partial charge in [-0.05, 0) is 33.6 Å². The van der Waals surface area contributed by atoms with Crippen LogP contribution in [0.2, 0.25) is 0 Å². The second-order valence-corrected chi connectivity index (χ2v) is 4.50. The molecule has 0 saturated carbocycles. The fourth-order valence-electron chi connectivity index (χ4n) is 1.52. The maximum atomic E-state index is 5.84. The highest BCUT2D eigenvalue weighted by atomic mass is 79.9. The molecule has 0 radical (unpaired) electrons. The van der Waals surface area contributed by atoms with Crippen LogP contribution < -0.4 is 15.8 Å². The van der Waals surface area contributed by atoms with Crippen molar-refractivity contribution in [1.82, 2.24) is 9.97 Å². The molecule has 0 atom stereocenters. The zero-order valence-electron chi connectivity index (χ0n) is 9.85. The van der Waals surface area contributed by atoms with Gasteiger partial charge in [0.1, 0.15) is 17.9 Å². The molecule has 1 aromatic carbocycles. The second-order valence-electron chi connectivity index (χ2n) is 3.65. The molecule has 0 saturated heterocycles. The van der Waals surface area contributed by atoms with Crippen LogP contribution >= 0.6 is 15.9 Å². The van der Waals surface area contributed by atoms with Gasteiger partial charge >= 0.3 is 0 Å². The molecule has 2 aromatic rings. The van der Waals surface area contributed by atoms with E-state index in [1.807, 2.05) is 18.2 Å². The van der Waals surface area contributed by atoms with E-state index in [1.165, 1.54) is 6.33 Å². The number of methoxy groups -OCH3 is 1. The molecule has 0 amide bonds. The topological polar surface area (TPSA) is 73.1 Å². The normalized spacial score (nSPS) is 10.1. The van der Waals surface area contributed by atoms with Crippen LogP contribution in [0.3, 0.4) is 0 Å². The van der Waals surface area contributed by atoms with Gasteiger partial charge in [-0.25, -0.2) is 9.97 Å². The van der Waals surface area contributed by atoms with E-state index in [4.69, 9.17) is 10.5 Å². The Morgan fingerprint density at radius 2 is 2.28 bits per heavy atom. The van der Waals surface area contributed by atoms with Crippen LogP contribution in [0.1, 0.15) is 5.56 Å². The van der Waals surface area contributed by atoms with Crippen LogP contribution in [0.25, 0.3) is 0 Å². The Morgan fingerprint density at radius 1 is 1.44 bits per heavy atom. The molecule has 3 N–H and O–H groups in total. The summed E-state index contributed by atoms with van der Waals surface area (Å²) in [4.78, 5) is 8.03. The number of rotatable bonds is 4. The average molecular weight is 309 g/mol. The highest BCUT2D eigenvalue weighted by molar-refractivity contribution is 9.10. The summed E-state index contributed by atoms with van der Waals surface area (Å²) in [6, 6.07) is 5.68. The van der Waals surface area contributed by atoms with Crippen molar-refractivity contribution in [2.75, 3.05) is 18.2 Å². The minimum absolute atomic E-state index is 0.624. The van der Waals surface area contributed by atoms with E-state index in [0.717, 1.165) is 15.9 Å². The number of halogens is 1. The Labute approximate surface area is 114 Å². The number of nitrogen functional groups attached to an aromatic ring is 1. The van der Waals surface area contributed by atoms with E-state index in [0.29, 0.717) is 18.0 Å². The fraction of sp³-hybridized carbons (Fsp3) is 0.167. The standard InChI is InChI=1S/C12H13BrN4O/c1-18-11-3-2-8(4-10(11)14)5-16-12-9(13)6-15-7-17-12/h2-4,6-7H,5,14H2,1H3,(H,15,16,17). The Balaban J connectivity index is 2.07. The smallest absolute Gasteiger partial charge is 0.144 e. The average Bonchev–Trinajstić information content (AvgIpc) is 2.38. The molecule has 0 aliphatic rings. The molecule has 2 rings (SSSR count). The van der Waals surface area contributed by atoms with Crippen LogP contribution in [0.4, 0.5) is 11.5 Å². The lowest BCUT2D eigenvalue weighted by Gasteiger charge is -2.09. The number of anilines is 2. The summed E-state index contributed by atoms with van der Waals surface area (Å²) in [6.45, 7) is 0.629. The molecule has 0 bridgehead atoms. The number of ether oxygens (including phenoxy) is 1. The SMILES string of the molecule is COc1ccc(CNc2ncncc2Br)cc1N. The summed E-state index contributed by atoms with van der Waals surface area (Å²) in [7, 11) is 1.60. The summed E-state index contributed by atoms with van der Waals surface area (Å²) < 4.78 is 5.93. The van der Waals surface area contributed by atoms with Gasteiger partial charge in [0.05, 0.1) is 17.3 Å². The number of nitrogens with zero attached hydrogens (tertiary/aromatic N) is 2. The molecule has 94 valence electrons. The van der Waals surface area contributed by atoms with Gasteiger partial charge in [0.15, 0.2) is 0 Å². The van der Waals surface area contributed by atoms with E-state index >= 15 is 0 Å². The highest BCUT2D eigenvalue weighted by Gasteiger charge is 2.03. The van der Waals surface area contributed by atoms with Gasteiger partial charge in [-0.1, -0.05) is 6.07 Å². The predicted molar refractivity (Wildman–Crippen MR) is 74.5 cm³/mol. The second kappa shape index (κ2) is 5.68. The summed E-state index contributed by atoms with van der Waals surface area (Å²) in [5.74, 6) is 1.43. The van der Waals surface area contributed by atoms with Crippen LogP contribution in [0, 0.1) is 0 Å². The first-order chi connectivity index (χ1) is 8.70. The molecule has 0 unspecified atom stereocenters. The zero-order valence-corrected chi connectivity index (χ0v) is 11.4. The van der Waals surface area contributed by atoms with Gasteiger partial charge in [0.25, 0.3) is 0 Å². The van der Waals surface area contributed by atoms with E-state index in [1.54, 1.807) is 13.3 Å². The van der Waals surface area contributed by atoms with Crippen molar-refractivity contribution >= 4 is 27.4 Å². The highest BCUT2D eigenvalue weighted by Crippen LogP contribution is 2.23. The first-order valence-corrected chi connectivity index (χ1v) is 6.12. The van der Waals surface area contributed by atoms with Gasteiger partial charge in [0.2, 0.25) is 0 Å². The minimum Gasteiger partial charge on any atom is -0.495 e. The zero-order chi connectivity index (χ0) is 13.0. The quantitative estimate of drug-likeness (QED) is 0.849. The van der Waals surface area contributed by atoms with Gasteiger partial charge in [0, 0.05) is 12.7 Å². The molecule has 1 heterocycles. The minimum atomic E-state index is 0.624. The van der Waals surface area contributed by atoms with Gasteiger partial charge in [-0.15, -0.1) is 0 Å². The Kier molecular flexibility index (Phi) is 3.99. The molecule has 18 heavy (non-hydrogen) atoms.